The van der Waals surface area contributed by atoms with Gasteiger partial charge in [-0.3, -0.25) is 0 Å². The van der Waals surface area contributed by atoms with Gasteiger partial charge in [0, 0.05) is 17.4 Å². The number of anilines is 1. The molecule has 0 spiro atoms. The normalized spacial score (nSPS) is 9.41. The second kappa shape index (κ2) is 5.99. The summed E-state index contributed by atoms with van der Waals surface area (Å²) in [5.41, 5.74) is 9.53. The summed E-state index contributed by atoms with van der Waals surface area (Å²) in [6.45, 7) is 7.89. The highest BCUT2D eigenvalue weighted by molar-refractivity contribution is 5.64. The van der Waals surface area contributed by atoms with Gasteiger partial charge in [0.25, 0.3) is 0 Å². The average molecular weight is 229 g/mol. The van der Waals surface area contributed by atoms with Gasteiger partial charge in [-0.1, -0.05) is 26.0 Å². The lowest BCUT2D eigenvalue weighted by Gasteiger charge is -2.05. The molecular weight excluding hydrogens is 210 g/mol. The molecule has 2 rings (SSSR count). The van der Waals surface area contributed by atoms with E-state index in [2.05, 4.69) is 9.97 Å². The summed E-state index contributed by atoms with van der Waals surface area (Å²) in [4.78, 5) is 8.57. The van der Waals surface area contributed by atoms with Crippen LogP contribution in [0.15, 0.2) is 30.5 Å². The van der Waals surface area contributed by atoms with Crippen LogP contribution in [0.3, 0.4) is 0 Å². The van der Waals surface area contributed by atoms with Crippen LogP contribution in [0.2, 0.25) is 0 Å². The molecule has 0 saturated heterocycles. The van der Waals surface area contributed by atoms with Gasteiger partial charge in [0.1, 0.15) is 5.82 Å². The highest BCUT2D eigenvalue weighted by Gasteiger charge is 2.03. The maximum absolute atomic E-state index is 5.64. The first-order chi connectivity index (χ1) is 8.16. The third-order valence-corrected chi connectivity index (χ3v) is 2.28. The van der Waals surface area contributed by atoms with E-state index in [1.165, 1.54) is 0 Å². The Labute approximate surface area is 103 Å². The number of nitrogens with zero attached hydrogens (tertiary/aromatic N) is 2. The van der Waals surface area contributed by atoms with E-state index in [-0.39, 0.29) is 0 Å². The zero-order valence-corrected chi connectivity index (χ0v) is 10.9. The van der Waals surface area contributed by atoms with E-state index in [1.807, 2.05) is 58.2 Å². The molecule has 1 aromatic carbocycles. The van der Waals surface area contributed by atoms with Crippen LogP contribution in [0.1, 0.15) is 25.2 Å². The van der Waals surface area contributed by atoms with Crippen LogP contribution in [0.25, 0.3) is 11.3 Å². The SMILES string of the molecule is CC.Cc1ncc(C)c(-c2ccc(N)cc2)n1. The first kappa shape index (κ1) is 13.2. The quantitative estimate of drug-likeness (QED) is 0.763. The van der Waals surface area contributed by atoms with Gasteiger partial charge in [0.05, 0.1) is 5.69 Å². The molecule has 17 heavy (non-hydrogen) atoms. The summed E-state index contributed by atoms with van der Waals surface area (Å²) >= 11 is 0. The molecule has 0 aliphatic carbocycles. The van der Waals surface area contributed by atoms with Crippen molar-refractivity contribution in [2.75, 3.05) is 5.73 Å². The van der Waals surface area contributed by atoms with Crippen molar-refractivity contribution in [2.24, 2.45) is 0 Å². The topological polar surface area (TPSA) is 51.8 Å². The Morgan fingerprint density at radius 1 is 1.00 bits per heavy atom. The Kier molecular flexibility index (Phi) is 4.64. The van der Waals surface area contributed by atoms with E-state index < -0.39 is 0 Å². The van der Waals surface area contributed by atoms with Gasteiger partial charge in [0.2, 0.25) is 0 Å². The van der Waals surface area contributed by atoms with Crippen molar-refractivity contribution in [1.29, 1.82) is 0 Å². The first-order valence-corrected chi connectivity index (χ1v) is 5.83. The highest BCUT2D eigenvalue weighted by atomic mass is 14.9. The number of hydrogen-bond donors (Lipinski definition) is 1. The minimum atomic E-state index is 0.766. The maximum Gasteiger partial charge on any atom is 0.125 e. The highest BCUT2D eigenvalue weighted by Crippen LogP contribution is 2.21. The molecule has 0 radical (unpaired) electrons. The fourth-order valence-corrected chi connectivity index (χ4v) is 1.46. The van der Waals surface area contributed by atoms with Gasteiger partial charge in [0.15, 0.2) is 0 Å². The van der Waals surface area contributed by atoms with E-state index in [0.29, 0.717) is 0 Å². The molecule has 0 unspecified atom stereocenters. The van der Waals surface area contributed by atoms with Crippen molar-refractivity contribution in [3.8, 4) is 11.3 Å². The summed E-state index contributed by atoms with van der Waals surface area (Å²) < 4.78 is 0. The van der Waals surface area contributed by atoms with Gasteiger partial charge >= 0.3 is 0 Å². The van der Waals surface area contributed by atoms with E-state index >= 15 is 0 Å². The van der Waals surface area contributed by atoms with E-state index in [0.717, 1.165) is 28.3 Å². The third kappa shape index (κ3) is 3.28. The Balaban J connectivity index is 0.000000686. The lowest BCUT2D eigenvalue weighted by atomic mass is 10.1. The predicted octanol–water partition coefficient (Wildman–Crippen LogP) is 3.37. The first-order valence-electron chi connectivity index (χ1n) is 5.83. The Hall–Kier alpha value is -1.90. The molecule has 1 heterocycles. The minimum absolute atomic E-state index is 0.766. The molecule has 2 aromatic rings. The Morgan fingerprint density at radius 2 is 1.59 bits per heavy atom. The van der Waals surface area contributed by atoms with Crippen LogP contribution in [-0.2, 0) is 0 Å². The smallest absolute Gasteiger partial charge is 0.125 e. The number of nitrogen functional groups attached to an aromatic ring is 1. The van der Waals surface area contributed by atoms with Crippen LogP contribution in [-0.4, -0.2) is 9.97 Å². The van der Waals surface area contributed by atoms with E-state index in [9.17, 15) is 0 Å². The van der Waals surface area contributed by atoms with Crippen LogP contribution in [0, 0.1) is 13.8 Å². The molecular formula is C14H19N3. The summed E-state index contributed by atoms with van der Waals surface area (Å²) in [6.07, 6.45) is 1.84. The standard InChI is InChI=1S/C12H13N3.C2H6/c1-8-7-14-9(2)15-12(8)10-3-5-11(13)6-4-10;1-2/h3-7H,13H2,1-2H3;1-2H3. The molecule has 3 nitrogen and oxygen atoms in total. The molecule has 0 saturated carbocycles. The van der Waals surface area contributed by atoms with Crippen LogP contribution < -0.4 is 5.73 Å². The van der Waals surface area contributed by atoms with Gasteiger partial charge in [-0.2, -0.15) is 0 Å². The van der Waals surface area contributed by atoms with Crippen molar-refractivity contribution >= 4 is 5.69 Å². The predicted molar refractivity (Wildman–Crippen MR) is 72.7 cm³/mol. The fraction of sp³-hybridized carbons (Fsp3) is 0.286. The zero-order chi connectivity index (χ0) is 12.8. The molecule has 90 valence electrons. The molecule has 1 aromatic heterocycles. The molecule has 0 aliphatic rings. The van der Waals surface area contributed by atoms with Crippen LogP contribution in [0.5, 0.6) is 0 Å². The van der Waals surface area contributed by atoms with Gasteiger partial charge in [-0.25, -0.2) is 9.97 Å². The van der Waals surface area contributed by atoms with Crippen molar-refractivity contribution in [3.63, 3.8) is 0 Å². The summed E-state index contributed by atoms with van der Waals surface area (Å²) in [6, 6.07) is 7.71. The number of benzene rings is 1. The summed E-state index contributed by atoms with van der Waals surface area (Å²) in [5.74, 6) is 0.785. The third-order valence-electron chi connectivity index (χ3n) is 2.28. The molecule has 0 bridgehead atoms. The molecule has 0 atom stereocenters. The molecule has 2 N–H and O–H groups in total. The van der Waals surface area contributed by atoms with Crippen LogP contribution >= 0.6 is 0 Å². The van der Waals surface area contributed by atoms with Gasteiger partial charge in [-0.15, -0.1) is 0 Å². The number of aryl methyl sites for hydroxylation is 2. The Morgan fingerprint density at radius 3 is 2.18 bits per heavy atom. The minimum Gasteiger partial charge on any atom is -0.399 e. The molecule has 0 fully saturated rings. The zero-order valence-electron chi connectivity index (χ0n) is 10.9. The lowest BCUT2D eigenvalue weighted by Crippen LogP contribution is -1.94. The lowest BCUT2D eigenvalue weighted by molar-refractivity contribution is 1.04. The monoisotopic (exact) mass is 229 g/mol. The van der Waals surface area contributed by atoms with Gasteiger partial charge in [-0.05, 0) is 31.5 Å². The Bertz CT molecular complexity index is 475. The average Bonchev–Trinajstić information content (AvgIpc) is 2.36. The molecule has 0 amide bonds. The van der Waals surface area contributed by atoms with Crippen molar-refractivity contribution in [3.05, 3.63) is 41.9 Å². The van der Waals surface area contributed by atoms with Crippen molar-refractivity contribution < 1.29 is 0 Å². The largest absolute Gasteiger partial charge is 0.399 e. The number of rotatable bonds is 1. The maximum atomic E-state index is 5.64. The molecule has 3 heteroatoms. The fourth-order valence-electron chi connectivity index (χ4n) is 1.46. The number of hydrogen-bond acceptors (Lipinski definition) is 3. The number of aromatic nitrogens is 2. The molecule has 0 aliphatic heterocycles. The van der Waals surface area contributed by atoms with Crippen molar-refractivity contribution in [1.82, 2.24) is 9.97 Å². The van der Waals surface area contributed by atoms with E-state index in [1.54, 1.807) is 0 Å². The van der Waals surface area contributed by atoms with Crippen LogP contribution in [0.4, 0.5) is 5.69 Å². The number of nitrogens with two attached hydrogens (primary N) is 1. The van der Waals surface area contributed by atoms with E-state index in [4.69, 9.17) is 5.73 Å². The van der Waals surface area contributed by atoms with Gasteiger partial charge < -0.3 is 5.73 Å². The van der Waals surface area contributed by atoms with Crippen molar-refractivity contribution in [2.45, 2.75) is 27.7 Å². The summed E-state index contributed by atoms with van der Waals surface area (Å²) in [7, 11) is 0. The second-order valence-corrected chi connectivity index (χ2v) is 3.57. The second-order valence-electron chi connectivity index (χ2n) is 3.57. The summed E-state index contributed by atoms with van der Waals surface area (Å²) in [5, 5.41) is 0.